The fourth-order valence-corrected chi connectivity index (χ4v) is 4.71. The minimum absolute atomic E-state index is 0.0428. The van der Waals surface area contributed by atoms with Crippen LogP contribution in [0.3, 0.4) is 0 Å². The molecule has 2 heterocycles. The SMILES string of the molecule is CC(C(=O)OCc1ccccc1Cl)n1nnc2sc3c(c2c1=O)CCCC3. The van der Waals surface area contributed by atoms with Gasteiger partial charge < -0.3 is 4.74 Å². The zero-order valence-electron chi connectivity index (χ0n) is 14.8. The molecular weight excluding hydrogens is 386 g/mol. The number of halogens is 1. The number of ether oxygens (including phenoxy) is 1. The molecule has 3 aromatic rings. The number of rotatable bonds is 4. The Balaban J connectivity index is 1.59. The van der Waals surface area contributed by atoms with Crippen LogP contribution in [0.25, 0.3) is 10.2 Å². The van der Waals surface area contributed by atoms with E-state index < -0.39 is 12.0 Å². The van der Waals surface area contributed by atoms with Crippen molar-refractivity contribution in [3.63, 3.8) is 0 Å². The third kappa shape index (κ3) is 3.37. The maximum atomic E-state index is 13.0. The van der Waals surface area contributed by atoms with Crippen LogP contribution in [0, 0.1) is 0 Å². The highest BCUT2D eigenvalue weighted by Gasteiger charge is 2.25. The summed E-state index contributed by atoms with van der Waals surface area (Å²) in [6.45, 7) is 1.64. The monoisotopic (exact) mass is 403 g/mol. The lowest BCUT2D eigenvalue weighted by Crippen LogP contribution is -2.32. The minimum Gasteiger partial charge on any atom is -0.459 e. The summed E-state index contributed by atoms with van der Waals surface area (Å²) in [6, 6.07) is 6.29. The predicted molar refractivity (Wildman–Crippen MR) is 104 cm³/mol. The van der Waals surface area contributed by atoms with Gasteiger partial charge in [0.05, 0.1) is 5.39 Å². The fraction of sp³-hybridized carbons (Fsp3) is 0.368. The third-order valence-electron chi connectivity index (χ3n) is 4.84. The number of aromatic nitrogens is 3. The second kappa shape index (κ2) is 7.40. The Labute approximate surface area is 164 Å². The number of thiophene rings is 1. The summed E-state index contributed by atoms with van der Waals surface area (Å²) < 4.78 is 6.46. The van der Waals surface area contributed by atoms with Gasteiger partial charge in [-0.25, -0.2) is 4.79 Å². The molecule has 140 valence electrons. The molecule has 1 aliphatic rings. The molecule has 4 rings (SSSR count). The molecule has 8 heteroatoms. The summed E-state index contributed by atoms with van der Waals surface area (Å²) in [5.41, 5.74) is 1.51. The topological polar surface area (TPSA) is 74.1 Å². The Morgan fingerprint density at radius 2 is 2.11 bits per heavy atom. The van der Waals surface area contributed by atoms with Gasteiger partial charge in [-0.15, -0.1) is 16.4 Å². The zero-order chi connectivity index (χ0) is 19.0. The lowest BCUT2D eigenvalue weighted by atomic mass is 9.97. The smallest absolute Gasteiger partial charge is 0.331 e. The largest absolute Gasteiger partial charge is 0.459 e. The van der Waals surface area contributed by atoms with Crippen molar-refractivity contribution >= 4 is 39.1 Å². The molecule has 27 heavy (non-hydrogen) atoms. The summed E-state index contributed by atoms with van der Waals surface area (Å²) in [6.07, 6.45) is 4.05. The van der Waals surface area contributed by atoms with Crippen LogP contribution in [0.1, 0.15) is 41.8 Å². The van der Waals surface area contributed by atoms with E-state index in [1.807, 2.05) is 12.1 Å². The molecule has 0 saturated carbocycles. The van der Waals surface area contributed by atoms with E-state index >= 15 is 0 Å². The Kier molecular flexibility index (Phi) is 4.97. The summed E-state index contributed by atoms with van der Waals surface area (Å²) >= 11 is 7.62. The number of nitrogens with zero attached hydrogens (tertiary/aromatic N) is 3. The molecule has 0 amide bonds. The number of esters is 1. The quantitative estimate of drug-likeness (QED) is 0.621. The zero-order valence-corrected chi connectivity index (χ0v) is 16.3. The summed E-state index contributed by atoms with van der Waals surface area (Å²) in [4.78, 5) is 27.3. The molecule has 6 nitrogen and oxygen atoms in total. The van der Waals surface area contributed by atoms with Gasteiger partial charge in [0.2, 0.25) is 0 Å². The van der Waals surface area contributed by atoms with Crippen LogP contribution in [0.4, 0.5) is 0 Å². The first-order valence-electron chi connectivity index (χ1n) is 8.86. The van der Waals surface area contributed by atoms with E-state index in [1.54, 1.807) is 19.1 Å². The normalized spacial score (nSPS) is 14.7. The lowest BCUT2D eigenvalue weighted by molar-refractivity contribution is -0.148. The number of hydrogen-bond acceptors (Lipinski definition) is 6. The lowest BCUT2D eigenvalue weighted by Gasteiger charge is -2.14. The minimum atomic E-state index is -0.865. The highest BCUT2D eigenvalue weighted by Crippen LogP contribution is 2.33. The number of fused-ring (bicyclic) bond motifs is 3. The van der Waals surface area contributed by atoms with Crippen molar-refractivity contribution in [2.75, 3.05) is 0 Å². The number of carbonyl (C=O) groups excluding carboxylic acids is 1. The highest BCUT2D eigenvalue weighted by molar-refractivity contribution is 7.18. The first-order valence-corrected chi connectivity index (χ1v) is 10.1. The predicted octanol–water partition coefficient (Wildman–Crippen LogP) is 3.69. The van der Waals surface area contributed by atoms with Crippen molar-refractivity contribution in [1.29, 1.82) is 0 Å². The molecule has 0 radical (unpaired) electrons. The Hall–Kier alpha value is -2.25. The number of carbonyl (C=O) groups is 1. The Morgan fingerprint density at radius 3 is 2.93 bits per heavy atom. The van der Waals surface area contributed by atoms with Crippen LogP contribution in [0.15, 0.2) is 29.1 Å². The van der Waals surface area contributed by atoms with E-state index in [9.17, 15) is 9.59 Å². The summed E-state index contributed by atoms with van der Waals surface area (Å²) in [5, 5.41) is 9.30. The Bertz CT molecular complexity index is 1080. The van der Waals surface area contributed by atoms with E-state index in [0.29, 0.717) is 20.8 Å². The first kappa shape index (κ1) is 18.1. The fourth-order valence-electron chi connectivity index (χ4n) is 3.32. The van der Waals surface area contributed by atoms with Gasteiger partial charge in [-0.05, 0) is 44.2 Å². The molecule has 0 saturated heterocycles. The van der Waals surface area contributed by atoms with Crippen LogP contribution in [0.5, 0.6) is 0 Å². The average Bonchev–Trinajstić information content (AvgIpc) is 3.06. The van der Waals surface area contributed by atoms with Crippen LogP contribution in [-0.2, 0) is 29.0 Å². The van der Waals surface area contributed by atoms with Crippen LogP contribution in [-0.4, -0.2) is 21.0 Å². The molecule has 1 unspecified atom stereocenters. The Morgan fingerprint density at radius 1 is 1.33 bits per heavy atom. The van der Waals surface area contributed by atoms with Gasteiger partial charge in [0.15, 0.2) is 10.9 Å². The van der Waals surface area contributed by atoms with Crippen molar-refractivity contribution in [2.24, 2.45) is 0 Å². The third-order valence-corrected chi connectivity index (χ3v) is 6.39. The van der Waals surface area contributed by atoms with Gasteiger partial charge >= 0.3 is 5.97 Å². The number of benzene rings is 1. The van der Waals surface area contributed by atoms with Crippen LogP contribution >= 0.6 is 22.9 Å². The van der Waals surface area contributed by atoms with Gasteiger partial charge in [-0.2, -0.15) is 4.68 Å². The maximum absolute atomic E-state index is 13.0. The number of hydrogen-bond donors (Lipinski definition) is 0. The maximum Gasteiger partial charge on any atom is 0.331 e. The standard InChI is InChI=1S/C19H18ClN3O3S/c1-11(19(25)26-10-12-6-2-4-8-14(12)20)23-18(24)16-13-7-3-5-9-15(13)27-17(16)21-22-23/h2,4,6,8,11H,3,5,7,9-10H2,1H3. The molecule has 1 atom stereocenters. The van der Waals surface area contributed by atoms with E-state index in [-0.39, 0.29) is 12.2 Å². The summed E-state index contributed by atoms with van der Waals surface area (Å²) in [5.74, 6) is -0.547. The molecule has 1 aliphatic carbocycles. The van der Waals surface area contributed by atoms with Crippen molar-refractivity contribution in [1.82, 2.24) is 15.0 Å². The molecule has 0 N–H and O–H groups in total. The second-order valence-electron chi connectivity index (χ2n) is 6.61. The second-order valence-corrected chi connectivity index (χ2v) is 8.10. The summed E-state index contributed by atoms with van der Waals surface area (Å²) in [7, 11) is 0. The molecule has 0 fully saturated rings. The van der Waals surface area contributed by atoms with Gasteiger partial charge in [0, 0.05) is 15.5 Å². The van der Waals surface area contributed by atoms with Crippen molar-refractivity contribution in [2.45, 2.75) is 45.3 Å². The van der Waals surface area contributed by atoms with Gasteiger partial charge in [-0.1, -0.05) is 35.0 Å². The number of aryl methyl sites for hydroxylation is 2. The molecule has 0 bridgehead atoms. The average molecular weight is 404 g/mol. The molecular formula is C19H18ClN3O3S. The van der Waals surface area contributed by atoms with Crippen LogP contribution in [0.2, 0.25) is 5.02 Å². The molecule has 2 aromatic heterocycles. The van der Waals surface area contributed by atoms with Crippen molar-refractivity contribution < 1.29 is 9.53 Å². The van der Waals surface area contributed by atoms with Gasteiger partial charge in [-0.3, -0.25) is 4.79 Å². The van der Waals surface area contributed by atoms with E-state index in [2.05, 4.69) is 10.3 Å². The molecule has 0 aliphatic heterocycles. The van der Waals surface area contributed by atoms with Crippen LogP contribution < -0.4 is 5.56 Å². The van der Waals surface area contributed by atoms with E-state index in [4.69, 9.17) is 16.3 Å². The van der Waals surface area contributed by atoms with Gasteiger partial charge in [0.1, 0.15) is 6.61 Å². The molecule has 1 aromatic carbocycles. The highest BCUT2D eigenvalue weighted by atomic mass is 35.5. The molecule has 0 spiro atoms. The van der Waals surface area contributed by atoms with Gasteiger partial charge in [0.25, 0.3) is 5.56 Å². The first-order chi connectivity index (χ1) is 13.1. The van der Waals surface area contributed by atoms with E-state index in [1.165, 1.54) is 16.2 Å². The van der Waals surface area contributed by atoms with Crippen molar-refractivity contribution in [3.8, 4) is 0 Å². The van der Waals surface area contributed by atoms with Crippen molar-refractivity contribution in [3.05, 3.63) is 55.6 Å². The van der Waals surface area contributed by atoms with E-state index in [0.717, 1.165) is 35.9 Å².